The molecule has 9 heteroatoms. The first-order valence-corrected chi connectivity index (χ1v) is 10.8. The lowest BCUT2D eigenvalue weighted by atomic mass is 9.76. The zero-order valence-electron chi connectivity index (χ0n) is 16.3. The Kier molecular flexibility index (Phi) is 5.99. The van der Waals surface area contributed by atoms with Crippen LogP contribution in [-0.2, 0) is 20.8 Å². The van der Waals surface area contributed by atoms with E-state index in [1.165, 1.54) is 0 Å². The lowest BCUT2D eigenvalue weighted by Crippen LogP contribution is -2.45. The minimum atomic E-state index is -5.56. The third-order valence-electron chi connectivity index (χ3n) is 6.14. The number of alkyl halides is 3. The van der Waals surface area contributed by atoms with E-state index in [9.17, 15) is 21.6 Å². The van der Waals surface area contributed by atoms with Crippen LogP contribution in [0, 0.1) is 19.8 Å². The zero-order valence-corrected chi connectivity index (χ0v) is 17.1. The Hall–Kier alpha value is -1.32. The first-order chi connectivity index (χ1) is 13.0. The number of ether oxygens (including phenoxy) is 1. The molecule has 1 saturated carbocycles. The summed E-state index contributed by atoms with van der Waals surface area (Å²) >= 11 is 0. The highest BCUT2D eigenvalue weighted by Crippen LogP contribution is 2.41. The van der Waals surface area contributed by atoms with Gasteiger partial charge in [-0.2, -0.15) is 21.6 Å². The number of likely N-dealkylation sites (tertiary alicyclic amines) is 1. The Morgan fingerprint density at radius 1 is 1.14 bits per heavy atom. The summed E-state index contributed by atoms with van der Waals surface area (Å²) in [4.78, 5) is 2.26. The molecule has 1 saturated heterocycles. The third kappa shape index (κ3) is 4.16. The normalized spacial score (nSPS) is 26.3. The molecule has 28 heavy (non-hydrogen) atoms. The summed E-state index contributed by atoms with van der Waals surface area (Å²) in [7, 11) is -3.93. The number of hydrogen-bond acceptors (Lipinski definition) is 5. The first kappa shape index (κ1) is 21.4. The van der Waals surface area contributed by atoms with E-state index in [0.29, 0.717) is 19.5 Å². The maximum Gasteiger partial charge on any atom is 0.523 e. The van der Waals surface area contributed by atoms with Crippen molar-refractivity contribution in [2.75, 3.05) is 13.7 Å². The molecule has 0 spiro atoms. The van der Waals surface area contributed by atoms with Crippen LogP contribution in [0.5, 0.6) is 5.75 Å². The SMILES string of the molecule is COc1ccc(CN2CC[C@@H](OS(=O)(=O)C(F)(F)F)CC3CCC32)c(C)c1C. The summed E-state index contributed by atoms with van der Waals surface area (Å²) in [6.45, 7) is 5.21. The number of methoxy groups -OCH3 is 1. The number of benzene rings is 1. The van der Waals surface area contributed by atoms with E-state index < -0.39 is 21.7 Å². The monoisotopic (exact) mass is 421 g/mol. The number of nitrogens with zero attached hydrogens (tertiary/aromatic N) is 1. The van der Waals surface area contributed by atoms with Gasteiger partial charge >= 0.3 is 15.6 Å². The van der Waals surface area contributed by atoms with Crippen molar-refractivity contribution in [3.8, 4) is 5.75 Å². The van der Waals surface area contributed by atoms with Crippen molar-refractivity contribution in [3.05, 3.63) is 28.8 Å². The van der Waals surface area contributed by atoms with Crippen LogP contribution in [0.2, 0.25) is 0 Å². The molecule has 5 nitrogen and oxygen atoms in total. The standard InChI is InChI=1S/C19H26F3NO4S/c1-12-13(2)18(26-3)7-5-15(12)11-23-9-8-16(10-14-4-6-17(14)23)27-28(24,25)19(20,21)22/h5,7,14,16-17H,4,6,8-11H2,1-3H3/t14?,16-,17?/m1/s1. The van der Waals surface area contributed by atoms with E-state index in [-0.39, 0.29) is 18.4 Å². The van der Waals surface area contributed by atoms with Gasteiger partial charge in [0.1, 0.15) is 5.75 Å². The molecule has 3 atom stereocenters. The van der Waals surface area contributed by atoms with Gasteiger partial charge < -0.3 is 4.74 Å². The van der Waals surface area contributed by atoms with Crippen LogP contribution < -0.4 is 4.74 Å². The largest absolute Gasteiger partial charge is 0.523 e. The summed E-state index contributed by atoms with van der Waals surface area (Å²) in [6.07, 6.45) is 1.53. The quantitative estimate of drug-likeness (QED) is 0.533. The van der Waals surface area contributed by atoms with Crippen LogP contribution >= 0.6 is 0 Å². The molecule has 0 amide bonds. The second-order valence-corrected chi connectivity index (χ2v) is 9.26. The van der Waals surface area contributed by atoms with E-state index in [1.54, 1.807) is 7.11 Å². The fraction of sp³-hybridized carbons (Fsp3) is 0.684. The van der Waals surface area contributed by atoms with Crippen molar-refractivity contribution >= 4 is 10.1 Å². The highest BCUT2D eigenvalue weighted by molar-refractivity contribution is 7.87. The molecule has 0 N–H and O–H groups in total. The minimum Gasteiger partial charge on any atom is -0.496 e. The van der Waals surface area contributed by atoms with E-state index >= 15 is 0 Å². The van der Waals surface area contributed by atoms with E-state index in [1.807, 2.05) is 26.0 Å². The van der Waals surface area contributed by atoms with Crippen LogP contribution in [0.25, 0.3) is 0 Å². The maximum absolute atomic E-state index is 12.7. The molecule has 2 fully saturated rings. The van der Waals surface area contributed by atoms with Gasteiger partial charge in [-0.05, 0) is 68.2 Å². The lowest BCUT2D eigenvalue weighted by Gasteiger charge is -2.43. The summed E-state index contributed by atoms with van der Waals surface area (Å²) in [5, 5.41) is 0. The van der Waals surface area contributed by atoms with Crippen LogP contribution in [0.1, 0.15) is 42.4 Å². The van der Waals surface area contributed by atoms with Crippen LogP contribution in [0.4, 0.5) is 13.2 Å². The number of fused-ring (bicyclic) bond motifs is 1. The number of halogens is 3. The fourth-order valence-electron chi connectivity index (χ4n) is 4.22. The van der Waals surface area contributed by atoms with Crippen LogP contribution in [0.15, 0.2) is 12.1 Å². The van der Waals surface area contributed by atoms with E-state index in [4.69, 9.17) is 4.74 Å². The zero-order chi connectivity index (χ0) is 20.7. The van der Waals surface area contributed by atoms with Gasteiger partial charge in [0.15, 0.2) is 0 Å². The molecule has 2 unspecified atom stereocenters. The van der Waals surface area contributed by atoms with Gasteiger partial charge in [-0.15, -0.1) is 0 Å². The Labute approximate surface area is 163 Å². The molecule has 2 aliphatic rings. The highest BCUT2D eigenvalue weighted by Gasteiger charge is 2.50. The predicted molar refractivity (Wildman–Crippen MR) is 98.5 cm³/mol. The molecule has 1 heterocycles. The van der Waals surface area contributed by atoms with Gasteiger partial charge in [0.2, 0.25) is 0 Å². The lowest BCUT2D eigenvalue weighted by molar-refractivity contribution is -0.0583. The minimum absolute atomic E-state index is 0.163. The predicted octanol–water partition coefficient (Wildman–Crippen LogP) is 3.92. The van der Waals surface area contributed by atoms with Crippen molar-refractivity contribution in [2.45, 2.75) is 63.7 Å². The highest BCUT2D eigenvalue weighted by atomic mass is 32.2. The molecule has 158 valence electrons. The average Bonchev–Trinajstić information content (AvgIpc) is 2.68. The van der Waals surface area contributed by atoms with Crippen molar-refractivity contribution in [3.63, 3.8) is 0 Å². The van der Waals surface area contributed by atoms with Crippen molar-refractivity contribution in [1.29, 1.82) is 0 Å². The Balaban J connectivity index is 1.73. The number of hydrogen-bond donors (Lipinski definition) is 0. The van der Waals surface area contributed by atoms with Crippen LogP contribution in [-0.4, -0.2) is 44.6 Å². The first-order valence-electron chi connectivity index (χ1n) is 9.40. The van der Waals surface area contributed by atoms with Crippen molar-refractivity contribution in [1.82, 2.24) is 4.90 Å². The molecular formula is C19H26F3NO4S. The summed E-state index contributed by atoms with van der Waals surface area (Å²) in [5.74, 6) is 0.986. The average molecular weight is 421 g/mol. The van der Waals surface area contributed by atoms with Gasteiger partial charge in [-0.25, -0.2) is 0 Å². The molecule has 1 aromatic carbocycles. The molecule has 3 rings (SSSR count). The second-order valence-electron chi connectivity index (χ2n) is 7.69. The summed E-state index contributed by atoms with van der Waals surface area (Å²) < 4.78 is 70.6. The van der Waals surface area contributed by atoms with Gasteiger partial charge in [0.05, 0.1) is 13.2 Å². The molecular weight excluding hydrogens is 395 g/mol. The van der Waals surface area contributed by atoms with Crippen LogP contribution in [0.3, 0.4) is 0 Å². The third-order valence-corrected chi connectivity index (χ3v) is 7.23. The van der Waals surface area contributed by atoms with Gasteiger partial charge in [0, 0.05) is 19.1 Å². The fourth-order valence-corrected chi connectivity index (χ4v) is 4.86. The van der Waals surface area contributed by atoms with Gasteiger partial charge in [-0.3, -0.25) is 9.08 Å². The van der Waals surface area contributed by atoms with E-state index in [0.717, 1.165) is 35.3 Å². The second kappa shape index (κ2) is 7.84. The van der Waals surface area contributed by atoms with Gasteiger partial charge in [0.25, 0.3) is 0 Å². The topological polar surface area (TPSA) is 55.8 Å². The molecule has 1 aliphatic carbocycles. The molecule has 0 radical (unpaired) electrons. The van der Waals surface area contributed by atoms with E-state index in [2.05, 4.69) is 9.08 Å². The molecule has 0 bridgehead atoms. The Morgan fingerprint density at radius 3 is 2.43 bits per heavy atom. The smallest absolute Gasteiger partial charge is 0.496 e. The summed E-state index contributed by atoms with van der Waals surface area (Å²) in [6, 6.07) is 4.20. The summed E-state index contributed by atoms with van der Waals surface area (Å²) in [5.41, 5.74) is -2.04. The maximum atomic E-state index is 12.7. The van der Waals surface area contributed by atoms with Crippen molar-refractivity contribution < 1.29 is 30.5 Å². The number of rotatable bonds is 5. The van der Waals surface area contributed by atoms with Crippen molar-refractivity contribution in [2.24, 2.45) is 5.92 Å². The Bertz CT molecular complexity index is 825. The van der Waals surface area contributed by atoms with Gasteiger partial charge in [-0.1, -0.05) is 6.07 Å². The molecule has 1 aliphatic heterocycles. The Morgan fingerprint density at radius 2 is 1.86 bits per heavy atom. The molecule has 1 aromatic rings. The molecule has 0 aromatic heterocycles.